The predicted molar refractivity (Wildman–Crippen MR) is 189 cm³/mol. The van der Waals surface area contributed by atoms with Crippen molar-refractivity contribution in [3.63, 3.8) is 0 Å². The van der Waals surface area contributed by atoms with Crippen molar-refractivity contribution in [2.24, 2.45) is 0 Å². The number of hydrogen-bond donors (Lipinski definition) is 2. The van der Waals surface area contributed by atoms with Gasteiger partial charge in [0.25, 0.3) is 0 Å². The lowest BCUT2D eigenvalue weighted by molar-refractivity contribution is -0.0267. The average molecular weight is 679 g/mol. The zero-order chi connectivity index (χ0) is 34.7. The van der Waals surface area contributed by atoms with Crippen molar-refractivity contribution in [3.8, 4) is 17.2 Å². The van der Waals surface area contributed by atoms with Crippen molar-refractivity contribution < 1.29 is 37.6 Å². The molecule has 0 aliphatic heterocycles. The van der Waals surface area contributed by atoms with Gasteiger partial charge in [-0.25, -0.2) is 8.42 Å². The summed E-state index contributed by atoms with van der Waals surface area (Å²) in [6.07, 6.45) is 2.30. The zero-order valence-corrected chi connectivity index (χ0v) is 29.5. The standard InChI is InChI=1S/C39H50O8S/c1-6-33(7-2)44-24-31(40)26-46-35-14-10-29-23-36(15-11-28(29)22-35)47-27-32(41)25-45-34-16-20-38(21-17-34)48(42,43)37-18-12-30(13-19-37)39(5,8-3)9-4/h10-23,31-33,40-41H,6-9,24-27H2,1-5H3. The number of aliphatic hydroxyl groups is 2. The summed E-state index contributed by atoms with van der Waals surface area (Å²) in [5, 5.41) is 22.6. The van der Waals surface area contributed by atoms with Gasteiger partial charge in [-0.2, -0.15) is 0 Å². The average Bonchev–Trinajstić information content (AvgIpc) is 3.12. The Kier molecular flexibility index (Phi) is 13.3. The number of sulfone groups is 1. The van der Waals surface area contributed by atoms with E-state index in [0.717, 1.165) is 42.0 Å². The first-order valence-electron chi connectivity index (χ1n) is 16.9. The highest BCUT2D eigenvalue weighted by Crippen LogP contribution is 2.32. The second-order valence-electron chi connectivity index (χ2n) is 12.5. The highest BCUT2D eigenvalue weighted by molar-refractivity contribution is 7.91. The fraction of sp³-hybridized carbons (Fsp3) is 0.436. The zero-order valence-electron chi connectivity index (χ0n) is 28.7. The molecule has 0 aromatic heterocycles. The molecule has 2 atom stereocenters. The number of benzene rings is 4. The minimum Gasteiger partial charge on any atom is -0.491 e. The molecule has 0 aliphatic rings. The van der Waals surface area contributed by atoms with Crippen molar-refractivity contribution in [1.82, 2.24) is 0 Å². The third-order valence-corrected chi connectivity index (χ3v) is 10.9. The van der Waals surface area contributed by atoms with Crippen LogP contribution in [-0.4, -0.2) is 63.4 Å². The molecule has 0 amide bonds. The topological polar surface area (TPSA) is 112 Å². The molecule has 260 valence electrons. The van der Waals surface area contributed by atoms with Crippen LogP contribution in [0.15, 0.2) is 94.7 Å². The van der Waals surface area contributed by atoms with Crippen LogP contribution < -0.4 is 14.2 Å². The molecule has 48 heavy (non-hydrogen) atoms. The summed E-state index contributed by atoms with van der Waals surface area (Å²) in [7, 11) is -3.68. The van der Waals surface area contributed by atoms with Gasteiger partial charge < -0.3 is 29.2 Å². The smallest absolute Gasteiger partial charge is 0.206 e. The summed E-state index contributed by atoms with van der Waals surface area (Å²) in [6, 6.07) is 24.6. The first-order chi connectivity index (χ1) is 23.0. The van der Waals surface area contributed by atoms with Crippen molar-refractivity contribution in [2.75, 3.05) is 26.4 Å². The van der Waals surface area contributed by atoms with Gasteiger partial charge in [0.1, 0.15) is 49.3 Å². The molecular formula is C39H50O8S. The molecule has 0 radical (unpaired) electrons. The summed E-state index contributed by atoms with van der Waals surface area (Å²) in [5.74, 6) is 1.69. The number of hydrogen-bond acceptors (Lipinski definition) is 8. The van der Waals surface area contributed by atoms with E-state index in [2.05, 4.69) is 34.6 Å². The van der Waals surface area contributed by atoms with E-state index in [1.807, 2.05) is 48.5 Å². The van der Waals surface area contributed by atoms with Crippen LogP contribution in [0, 0.1) is 0 Å². The molecule has 0 bridgehead atoms. The molecule has 0 heterocycles. The Hall–Kier alpha value is -3.63. The lowest BCUT2D eigenvalue weighted by atomic mass is 9.78. The Labute approximate surface area is 285 Å². The molecule has 0 aliphatic carbocycles. The van der Waals surface area contributed by atoms with Gasteiger partial charge in [-0.15, -0.1) is 0 Å². The van der Waals surface area contributed by atoms with Crippen LogP contribution in [-0.2, 0) is 20.0 Å². The van der Waals surface area contributed by atoms with Gasteiger partial charge >= 0.3 is 0 Å². The molecule has 4 aromatic rings. The molecule has 2 unspecified atom stereocenters. The quantitative estimate of drug-likeness (QED) is 0.105. The Morgan fingerprint density at radius 3 is 1.48 bits per heavy atom. The minimum absolute atomic E-state index is 0.0150. The van der Waals surface area contributed by atoms with Crippen LogP contribution in [0.4, 0.5) is 0 Å². The lowest BCUT2D eigenvalue weighted by Gasteiger charge is -2.27. The van der Waals surface area contributed by atoms with Gasteiger partial charge in [0.05, 0.1) is 22.5 Å². The van der Waals surface area contributed by atoms with Crippen LogP contribution in [0.3, 0.4) is 0 Å². The minimum atomic E-state index is -3.68. The van der Waals surface area contributed by atoms with Gasteiger partial charge in [-0.05, 0) is 108 Å². The van der Waals surface area contributed by atoms with E-state index in [9.17, 15) is 18.6 Å². The first-order valence-corrected chi connectivity index (χ1v) is 18.3. The van der Waals surface area contributed by atoms with Crippen molar-refractivity contribution in [1.29, 1.82) is 0 Å². The van der Waals surface area contributed by atoms with E-state index in [-0.39, 0.29) is 47.7 Å². The van der Waals surface area contributed by atoms with E-state index in [0.29, 0.717) is 17.2 Å². The van der Waals surface area contributed by atoms with Crippen LogP contribution in [0.1, 0.15) is 65.9 Å². The number of fused-ring (bicyclic) bond motifs is 1. The predicted octanol–water partition coefficient (Wildman–Crippen LogP) is 7.51. The molecule has 0 saturated carbocycles. The maximum Gasteiger partial charge on any atom is 0.206 e. The molecule has 9 heteroatoms. The Morgan fingerprint density at radius 1 is 0.604 bits per heavy atom. The van der Waals surface area contributed by atoms with Gasteiger partial charge in [0, 0.05) is 0 Å². The molecule has 8 nitrogen and oxygen atoms in total. The summed E-state index contributed by atoms with van der Waals surface area (Å²) in [4.78, 5) is 0.424. The number of ether oxygens (including phenoxy) is 4. The highest BCUT2D eigenvalue weighted by Gasteiger charge is 2.24. The third-order valence-electron chi connectivity index (χ3n) is 9.10. The molecule has 4 aromatic carbocycles. The van der Waals surface area contributed by atoms with Crippen LogP contribution in [0.2, 0.25) is 0 Å². The van der Waals surface area contributed by atoms with Crippen molar-refractivity contribution >= 4 is 20.6 Å². The fourth-order valence-electron chi connectivity index (χ4n) is 5.37. The van der Waals surface area contributed by atoms with Crippen molar-refractivity contribution in [2.45, 2.75) is 93.8 Å². The highest BCUT2D eigenvalue weighted by atomic mass is 32.2. The van der Waals surface area contributed by atoms with E-state index < -0.39 is 22.0 Å². The maximum absolute atomic E-state index is 13.2. The third kappa shape index (κ3) is 9.72. The molecular weight excluding hydrogens is 628 g/mol. The Morgan fingerprint density at radius 2 is 1.02 bits per heavy atom. The molecule has 0 spiro atoms. The lowest BCUT2D eigenvalue weighted by Crippen LogP contribution is -2.26. The number of aliphatic hydroxyl groups excluding tert-OH is 2. The number of rotatable bonds is 19. The van der Waals surface area contributed by atoms with Gasteiger partial charge in [-0.1, -0.05) is 58.9 Å². The van der Waals surface area contributed by atoms with E-state index >= 15 is 0 Å². The normalized spacial score (nSPS) is 13.4. The monoisotopic (exact) mass is 678 g/mol. The Balaban J connectivity index is 1.24. The van der Waals surface area contributed by atoms with Crippen molar-refractivity contribution in [3.05, 3.63) is 90.5 Å². The molecule has 0 fully saturated rings. The van der Waals surface area contributed by atoms with Gasteiger partial charge in [0.15, 0.2) is 0 Å². The van der Waals surface area contributed by atoms with Crippen LogP contribution >= 0.6 is 0 Å². The van der Waals surface area contributed by atoms with E-state index in [4.69, 9.17) is 18.9 Å². The van der Waals surface area contributed by atoms with Gasteiger partial charge in [-0.3, -0.25) is 0 Å². The largest absolute Gasteiger partial charge is 0.491 e. The van der Waals surface area contributed by atoms with Crippen LogP contribution in [0.5, 0.6) is 17.2 Å². The molecule has 0 saturated heterocycles. The van der Waals surface area contributed by atoms with E-state index in [1.165, 1.54) is 12.1 Å². The van der Waals surface area contributed by atoms with E-state index in [1.54, 1.807) is 24.3 Å². The maximum atomic E-state index is 13.2. The second kappa shape index (κ2) is 17.2. The summed E-state index contributed by atoms with van der Waals surface area (Å²) < 4.78 is 49.4. The summed E-state index contributed by atoms with van der Waals surface area (Å²) in [6.45, 7) is 11.0. The van der Waals surface area contributed by atoms with Crippen LogP contribution in [0.25, 0.3) is 10.8 Å². The summed E-state index contributed by atoms with van der Waals surface area (Å²) >= 11 is 0. The second-order valence-corrected chi connectivity index (χ2v) is 14.4. The molecule has 2 N–H and O–H groups in total. The summed E-state index contributed by atoms with van der Waals surface area (Å²) in [5.41, 5.74) is 1.15. The first kappa shape index (κ1) is 37.2. The fourth-order valence-corrected chi connectivity index (χ4v) is 6.63. The molecule has 4 rings (SSSR count). The SMILES string of the molecule is CCC(CC)OCC(O)COc1ccc2cc(OCC(O)COc3ccc(S(=O)(=O)c4ccc(C(C)(CC)CC)cc4)cc3)ccc2c1. The Bertz CT molecular complexity index is 1680. The van der Waals surface area contributed by atoms with Gasteiger partial charge in [0.2, 0.25) is 9.84 Å².